The second-order valence-electron chi connectivity index (χ2n) is 5.02. The number of amides is 1. The molecule has 1 aromatic heterocycles. The SMILES string of the molecule is Cc1nc(-c2ccc(C(=O)NCc3ccc(Cl)cc3)cc2)no1. The number of halogens is 1. The largest absolute Gasteiger partial charge is 0.348 e. The van der Waals surface area contributed by atoms with Crippen LogP contribution in [0.5, 0.6) is 0 Å². The molecule has 0 spiro atoms. The maximum absolute atomic E-state index is 12.1. The van der Waals surface area contributed by atoms with Crippen molar-refractivity contribution in [2.75, 3.05) is 0 Å². The zero-order chi connectivity index (χ0) is 16.2. The van der Waals surface area contributed by atoms with Crippen LogP contribution in [-0.4, -0.2) is 16.0 Å². The maximum Gasteiger partial charge on any atom is 0.251 e. The lowest BCUT2D eigenvalue weighted by molar-refractivity contribution is 0.0951. The van der Waals surface area contributed by atoms with E-state index in [0.717, 1.165) is 11.1 Å². The number of carbonyl (C=O) groups is 1. The molecule has 0 unspecified atom stereocenters. The molecule has 1 N–H and O–H groups in total. The van der Waals surface area contributed by atoms with Crippen LogP contribution in [0.15, 0.2) is 53.1 Å². The van der Waals surface area contributed by atoms with Gasteiger partial charge in [-0.1, -0.05) is 41.0 Å². The van der Waals surface area contributed by atoms with Crippen LogP contribution >= 0.6 is 11.6 Å². The van der Waals surface area contributed by atoms with Gasteiger partial charge in [-0.2, -0.15) is 4.98 Å². The average Bonchev–Trinajstić information content (AvgIpc) is 3.01. The zero-order valence-corrected chi connectivity index (χ0v) is 13.2. The van der Waals surface area contributed by atoms with E-state index in [0.29, 0.717) is 28.8 Å². The number of hydrogen-bond donors (Lipinski definition) is 1. The number of benzene rings is 2. The molecule has 0 aliphatic heterocycles. The second-order valence-corrected chi connectivity index (χ2v) is 5.46. The number of hydrogen-bond acceptors (Lipinski definition) is 4. The Kier molecular flexibility index (Phi) is 4.39. The van der Waals surface area contributed by atoms with Gasteiger partial charge in [-0.05, 0) is 29.8 Å². The normalized spacial score (nSPS) is 10.5. The molecule has 0 radical (unpaired) electrons. The second kappa shape index (κ2) is 6.62. The van der Waals surface area contributed by atoms with Crippen molar-refractivity contribution in [3.05, 3.63) is 70.6 Å². The van der Waals surface area contributed by atoms with Crippen LogP contribution in [0.2, 0.25) is 5.02 Å². The number of aryl methyl sites for hydroxylation is 1. The minimum absolute atomic E-state index is 0.143. The van der Waals surface area contributed by atoms with Gasteiger partial charge in [0.2, 0.25) is 11.7 Å². The summed E-state index contributed by atoms with van der Waals surface area (Å²) < 4.78 is 4.94. The first-order valence-electron chi connectivity index (χ1n) is 7.05. The van der Waals surface area contributed by atoms with Gasteiger partial charge in [-0.15, -0.1) is 0 Å². The third kappa shape index (κ3) is 3.76. The summed E-state index contributed by atoms with van der Waals surface area (Å²) in [6, 6.07) is 14.4. The molecule has 0 aliphatic rings. The Morgan fingerprint density at radius 1 is 1.13 bits per heavy atom. The number of rotatable bonds is 4. The fourth-order valence-electron chi connectivity index (χ4n) is 2.07. The molecule has 5 nitrogen and oxygen atoms in total. The molecular formula is C17H14ClN3O2. The first-order chi connectivity index (χ1) is 11.1. The van der Waals surface area contributed by atoms with Crippen LogP contribution < -0.4 is 5.32 Å². The molecule has 3 aromatic rings. The molecule has 0 fully saturated rings. The highest BCUT2D eigenvalue weighted by molar-refractivity contribution is 6.30. The Hall–Kier alpha value is -2.66. The molecule has 116 valence electrons. The predicted octanol–water partition coefficient (Wildman–Crippen LogP) is 3.63. The van der Waals surface area contributed by atoms with Gasteiger partial charge in [-0.25, -0.2) is 0 Å². The van der Waals surface area contributed by atoms with Gasteiger partial charge in [0.15, 0.2) is 0 Å². The van der Waals surface area contributed by atoms with E-state index in [9.17, 15) is 4.79 Å². The quantitative estimate of drug-likeness (QED) is 0.794. The van der Waals surface area contributed by atoms with Crippen molar-refractivity contribution in [2.24, 2.45) is 0 Å². The van der Waals surface area contributed by atoms with Crippen molar-refractivity contribution >= 4 is 17.5 Å². The molecule has 0 atom stereocenters. The summed E-state index contributed by atoms with van der Waals surface area (Å²) in [6.45, 7) is 2.18. The fourth-order valence-corrected chi connectivity index (χ4v) is 2.20. The summed E-state index contributed by atoms with van der Waals surface area (Å²) in [4.78, 5) is 16.3. The van der Waals surface area contributed by atoms with Gasteiger partial charge in [0, 0.05) is 29.6 Å². The molecule has 0 bridgehead atoms. The van der Waals surface area contributed by atoms with Gasteiger partial charge >= 0.3 is 0 Å². The first kappa shape index (κ1) is 15.2. The van der Waals surface area contributed by atoms with Crippen molar-refractivity contribution in [2.45, 2.75) is 13.5 Å². The standard InChI is InChI=1S/C17H14ClN3O2/c1-11-20-16(21-23-11)13-4-6-14(7-5-13)17(22)19-10-12-2-8-15(18)9-3-12/h2-9H,10H2,1H3,(H,19,22). The Bertz CT molecular complexity index is 811. The highest BCUT2D eigenvalue weighted by Gasteiger charge is 2.08. The maximum atomic E-state index is 12.1. The van der Waals surface area contributed by atoms with E-state index < -0.39 is 0 Å². The lowest BCUT2D eigenvalue weighted by atomic mass is 10.1. The zero-order valence-electron chi connectivity index (χ0n) is 12.4. The molecule has 1 amide bonds. The predicted molar refractivity (Wildman–Crippen MR) is 87.1 cm³/mol. The van der Waals surface area contributed by atoms with Gasteiger partial charge in [0.05, 0.1) is 0 Å². The minimum Gasteiger partial charge on any atom is -0.348 e. The molecule has 6 heteroatoms. The summed E-state index contributed by atoms with van der Waals surface area (Å²) in [7, 11) is 0. The topological polar surface area (TPSA) is 68.0 Å². The Morgan fingerprint density at radius 2 is 1.83 bits per heavy atom. The highest BCUT2D eigenvalue weighted by atomic mass is 35.5. The van der Waals surface area contributed by atoms with Crippen molar-refractivity contribution in [3.8, 4) is 11.4 Å². The van der Waals surface area contributed by atoms with Crippen LogP contribution in [0.4, 0.5) is 0 Å². The van der Waals surface area contributed by atoms with E-state index in [2.05, 4.69) is 15.5 Å². The van der Waals surface area contributed by atoms with Gasteiger partial charge in [-0.3, -0.25) is 4.79 Å². The molecule has 0 saturated heterocycles. The minimum atomic E-state index is -0.143. The van der Waals surface area contributed by atoms with Crippen molar-refractivity contribution < 1.29 is 9.32 Å². The number of aromatic nitrogens is 2. The van der Waals surface area contributed by atoms with E-state index in [1.807, 2.05) is 12.1 Å². The van der Waals surface area contributed by atoms with Crippen LogP contribution in [0.1, 0.15) is 21.8 Å². The Morgan fingerprint density at radius 3 is 2.43 bits per heavy atom. The lowest BCUT2D eigenvalue weighted by Crippen LogP contribution is -2.22. The van der Waals surface area contributed by atoms with Crippen LogP contribution in [0, 0.1) is 6.92 Å². The highest BCUT2D eigenvalue weighted by Crippen LogP contribution is 2.16. The molecule has 0 aliphatic carbocycles. The lowest BCUT2D eigenvalue weighted by Gasteiger charge is -2.06. The van der Waals surface area contributed by atoms with Crippen LogP contribution in [-0.2, 0) is 6.54 Å². The van der Waals surface area contributed by atoms with E-state index in [1.165, 1.54) is 0 Å². The molecule has 23 heavy (non-hydrogen) atoms. The number of nitrogens with one attached hydrogen (secondary N) is 1. The summed E-state index contributed by atoms with van der Waals surface area (Å²) >= 11 is 5.83. The summed E-state index contributed by atoms with van der Waals surface area (Å²) in [5.74, 6) is 0.871. The van der Waals surface area contributed by atoms with Crippen molar-refractivity contribution in [1.29, 1.82) is 0 Å². The molecule has 2 aromatic carbocycles. The smallest absolute Gasteiger partial charge is 0.251 e. The Balaban J connectivity index is 1.64. The fraction of sp³-hybridized carbons (Fsp3) is 0.118. The van der Waals surface area contributed by atoms with E-state index in [1.54, 1.807) is 43.3 Å². The van der Waals surface area contributed by atoms with Crippen molar-refractivity contribution in [3.63, 3.8) is 0 Å². The van der Waals surface area contributed by atoms with E-state index >= 15 is 0 Å². The molecule has 1 heterocycles. The monoisotopic (exact) mass is 327 g/mol. The molecule has 0 saturated carbocycles. The van der Waals surface area contributed by atoms with Gasteiger partial charge in [0.25, 0.3) is 5.91 Å². The summed E-state index contributed by atoms with van der Waals surface area (Å²) in [6.07, 6.45) is 0. The molecule has 3 rings (SSSR count). The van der Waals surface area contributed by atoms with Crippen LogP contribution in [0.25, 0.3) is 11.4 Å². The third-order valence-corrected chi connectivity index (χ3v) is 3.55. The summed E-state index contributed by atoms with van der Waals surface area (Å²) in [5.41, 5.74) is 2.36. The van der Waals surface area contributed by atoms with E-state index in [-0.39, 0.29) is 5.91 Å². The summed E-state index contributed by atoms with van der Waals surface area (Å²) in [5, 5.41) is 7.39. The van der Waals surface area contributed by atoms with Gasteiger partial charge in [0.1, 0.15) is 0 Å². The van der Waals surface area contributed by atoms with Gasteiger partial charge < -0.3 is 9.84 Å². The van der Waals surface area contributed by atoms with Crippen molar-refractivity contribution in [1.82, 2.24) is 15.5 Å². The first-order valence-corrected chi connectivity index (χ1v) is 7.43. The van der Waals surface area contributed by atoms with E-state index in [4.69, 9.17) is 16.1 Å². The third-order valence-electron chi connectivity index (χ3n) is 3.30. The van der Waals surface area contributed by atoms with Crippen LogP contribution in [0.3, 0.4) is 0 Å². The Labute approximate surface area is 138 Å². The number of carbonyl (C=O) groups excluding carboxylic acids is 1. The molecular weight excluding hydrogens is 314 g/mol. The number of nitrogens with zero attached hydrogens (tertiary/aromatic N) is 2. The average molecular weight is 328 g/mol.